The fraction of sp³-hybridized carbons (Fsp3) is 0.833. The lowest BCUT2D eigenvalue weighted by Gasteiger charge is -1.98. The molecule has 9 heavy (non-hydrogen) atoms. The van der Waals surface area contributed by atoms with Gasteiger partial charge in [-0.05, 0) is 0 Å². The monoisotopic (exact) mass is 131 g/mol. The number of nitrogens with one attached hydrogen (secondary N) is 1. The van der Waals surface area contributed by atoms with E-state index in [0.717, 1.165) is 0 Å². The highest BCUT2D eigenvalue weighted by atomic mass is 16.5. The lowest BCUT2D eigenvalue weighted by molar-refractivity contribution is -0.118. The molecule has 3 heteroatoms. The summed E-state index contributed by atoms with van der Waals surface area (Å²) in [6.07, 6.45) is 0.594. The van der Waals surface area contributed by atoms with E-state index in [-0.39, 0.29) is 5.78 Å². The molecule has 1 N–H and O–H groups in total. The van der Waals surface area contributed by atoms with E-state index in [4.69, 9.17) is 0 Å². The fourth-order valence-electron chi connectivity index (χ4n) is 0.418. The number of rotatable bonds is 5. The van der Waals surface area contributed by atoms with Gasteiger partial charge >= 0.3 is 0 Å². The van der Waals surface area contributed by atoms with Crippen molar-refractivity contribution in [2.45, 2.75) is 13.3 Å². The molecule has 0 aromatic heterocycles. The quantitative estimate of drug-likeness (QED) is 0.426. The minimum absolute atomic E-state index is 0.215. The van der Waals surface area contributed by atoms with Crippen LogP contribution in [-0.4, -0.2) is 26.2 Å². The Morgan fingerprint density at radius 2 is 2.33 bits per heavy atom. The first-order chi connectivity index (χ1) is 4.31. The lowest BCUT2D eigenvalue weighted by Crippen LogP contribution is -2.24. The zero-order valence-corrected chi connectivity index (χ0v) is 5.94. The number of carbonyl (C=O) groups excluding carboxylic acids is 1. The van der Waals surface area contributed by atoms with Gasteiger partial charge in [-0.3, -0.25) is 10.1 Å². The van der Waals surface area contributed by atoms with Gasteiger partial charge in [0.2, 0.25) is 0 Å². The molecule has 0 fully saturated rings. The van der Waals surface area contributed by atoms with E-state index in [1.807, 2.05) is 6.92 Å². The van der Waals surface area contributed by atoms with Gasteiger partial charge in [0.1, 0.15) is 5.78 Å². The van der Waals surface area contributed by atoms with E-state index in [1.165, 1.54) is 0 Å². The topological polar surface area (TPSA) is 38.3 Å². The summed E-state index contributed by atoms with van der Waals surface area (Å²) < 4.78 is 4.67. The van der Waals surface area contributed by atoms with Gasteiger partial charge in [-0.15, -0.1) is 0 Å². The highest BCUT2D eigenvalue weighted by Gasteiger charge is 1.93. The van der Waals surface area contributed by atoms with E-state index < -0.39 is 0 Å². The molecule has 0 rings (SSSR count). The molecule has 0 spiro atoms. The van der Waals surface area contributed by atoms with Crippen molar-refractivity contribution >= 4 is 5.78 Å². The number of ether oxygens (including phenoxy) is 1. The normalized spacial score (nSPS) is 9.56. The Hall–Kier alpha value is -0.410. The number of carbonyl (C=O) groups is 1. The molecule has 0 aliphatic carbocycles. The van der Waals surface area contributed by atoms with Crippen molar-refractivity contribution in [1.82, 2.24) is 5.32 Å². The highest BCUT2D eigenvalue weighted by molar-refractivity contribution is 5.79. The SMILES string of the molecule is CCC(=O)CNCOC. The van der Waals surface area contributed by atoms with Crippen molar-refractivity contribution in [3.8, 4) is 0 Å². The minimum atomic E-state index is 0.215. The van der Waals surface area contributed by atoms with Crippen molar-refractivity contribution in [2.24, 2.45) is 0 Å². The van der Waals surface area contributed by atoms with Crippen molar-refractivity contribution in [3.05, 3.63) is 0 Å². The average Bonchev–Trinajstić information content (AvgIpc) is 1.89. The summed E-state index contributed by atoms with van der Waals surface area (Å²) in [5, 5.41) is 2.81. The third kappa shape index (κ3) is 5.46. The van der Waals surface area contributed by atoms with Gasteiger partial charge in [0, 0.05) is 13.5 Å². The molecule has 0 unspecified atom stereocenters. The van der Waals surface area contributed by atoms with Crippen molar-refractivity contribution < 1.29 is 9.53 Å². The molecule has 0 saturated carbocycles. The Balaban J connectivity index is 2.97. The summed E-state index contributed by atoms with van der Waals surface area (Å²) >= 11 is 0. The minimum Gasteiger partial charge on any atom is -0.370 e. The number of hydrogen-bond acceptors (Lipinski definition) is 3. The molecule has 0 atom stereocenters. The molecule has 0 saturated heterocycles. The van der Waals surface area contributed by atoms with Gasteiger partial charge in [-0.25, -0.2) is 0 Å². The second-order valence-corrected chi connectivity index (χ2v) is 1.75. The Morgan fingerprint density at radius 1 is 1.67 bits per heavy atom. The molecule has 0 radical (unpaired) electrons. The van der Waals surface area contributed by atoms with E-state index in [9.17, 15) is 4.79 Å². The molecule has 0 bridgehead atoms. The maximum absolute atomic E-state index is 10.6. The lowest BCUT2D eigenvalue weighted by atomic mass is 10.3. The molecule has 54 valence electrons. The first-order valence-electron chi connectivity index (χ1n) is 3.02. The van der Waals surface area contributed by atoms with Crippen LogP contribution < -0.4 is 5.32 Å². The predicted octanol–water partition coefficient (Wildman–Crippen LogP) is 0.159. The van der Waals surface area contributed by atoms with E-state index >= 15 is 0 Å². The second-order valence-electron chi connectivity index (χ2n) is 1.75. The van der Waals surface area contributed by atoms with Crippen LogP contribution in [0.4, 0.5) is 0 Å². The summed E-state index contributed by atoms with van der Waals surface area (Å²) in [6.45, 7) is 2.72. The Kier molecular flexibility index (Phi) is 5.46. The zero-order chi connectivity index (χ0) is 7.11. The smallest absolute Gasteiger partial charge is 0.146 e. The first kappa shape index (κ1) is 8.59. The van der Waals surface area contributed by atoms with Crippen LogP contribution in [0.5, 0.6) is 0 Å². The molecular weight excluding hydrogens is 118 g/mol. The number of hydrogen-bond donors (Lipinski definition) is 1. The van der Waals surface area contributed by atoms with Crippen LogP contribution in [0, 0.1) is 0 Å². The largest absolute Gasteiger partial charge is 0.370 e. The molecule has 0 aliphatic rings. The summed E-state index contributed by atoms with van der Waals surface area (Å²) in [5.41, 5.74) is 0. The third-order valence-corrected chi connectivity index (χ3v) is 0.963. The van der Waals surface area contributed by atoms with Crippen molar-refractivity contribution in [3.63, 3.8) is 0 Å². The predicted molar refractivity (Wildman–Crippen MR) is 35.2 cm³/mol. The Bertz CT molecular complexity index is 83.1. The molecule has 3 nitrogen and oxygen atoms in total. The summed E-state index contributed by atoms with van der Waals surface area (Å²) in [4.78, 5) is 10.6. The van der Waals surface area contributed by atoms with Crippen LogP contribution in [0.1, 0.15) is 13.3 Å². The summed E-state index contributed by atoms with van der Waals surface area (Å²) in [5.74, 6) is 0.215. The van der Waals surface area contributed by atoms with Gasteiger partial charge in [-0.2, -0.15) is 0 Å². The van der Waals surface area contributed by atoms with Crippen LogP contribution in [0.3, 0.4) is 0 Å². The molecule has 0 heterocycles. The first-order valence-corrected chi connectivity index (χ1v) is 3.02. The number of methoxy groups -OCH3 is 1. The average molecular weight is 131 g/mol. The Labute approximate surface area is 55.4 Å². The van der Waals surface area contributed by atoms with Crippen molar-refractivity contribution in [1.29, 1.82) is 0 Å². The Morgan fingerprint density at radius 3 is 2.78 bits per heavy atom. The van der Waals surface area contributed by atoms with E-state index in [1.54, 1.807) is 7.11 Å². The summed E-state index contributed by atoms with van der Waals surface area (Å²) in [7, 11) is 1.59. The summed E-state index contributed by atoms with van der Waals surface area (Å²) in [6, 6.07) is 0. The van der Waals surface area contributed by atoms with Crippen LogP contribution in [-0.2, 0) is 9.53 Å². The zero-order valence-electron chi connectivity index (χ0n) is 5.94. The molecular formula is C6H13NO2. The van der Waals surface area contributed by atoms with Crippen LogP contribution >= 0.6 is 0 Å². The van der Waals surface area contributed by atoms with Crippen LogP contribution in [0.2, 0.25) is 0 Å². The van der Waals surface area contributed by atoms with Crippen LogP contribution in [0.25, 0.3) is 0 Å². The van der Waals surface area contributed by atoms with Crippen molar-refractivity contribution in [2.75, 3.05) is 20.4 Å². The fourth-order valence-corrected chi connectivity index (χ4v) is 0.418. The molecule has 0 amide bonds. The maximum Gasteiger partial charge on any atom is 0.146 e. The highest BCUT2D eigenvalue weighted by Crippen LogP contribution is 1.75. The van der Waals surface area contributed by atoms with Gasteiger partial charge in [0.25, 0.3) is 0 Å². The second kappa shape index (κ2) is 5.72. The van der Waals surface area contributed by atoms with E-state index in [0.29, 0.717) is 19.7 Å². The van der Waals surface area contributed by atoms with Gasteiger partial charge in [0.15, 0.2) is 0 Å². The molecule has 0 aromatic carbocycles. The van der Waals surface area contributed by atoms with Crippen LogP contribution in [0.15, 0.2) is 0 Å². The standard InChI is InChI=1S/C6H13NO2/c1-3-6(8)4-7-5-9-2/h7H,3-5H2,1-2H3. The van der Waals surface area contributed by atoms with Gasteiger partial charge in [-0.1, -0.05) is 6.92 Å². The number of Topliss-reactive ketones (excluding diaryl/α,β-unsaturated/α-hetero) is 1. The third-order valence-electron chi connectivity index (χ3n) is 0.963. The van der Waals surface area contributed by atoms with E-state index in [2.05, 4.69) is 10.1 Å². The molecule has 0 aromatic rings. The van der Waals surface area contributed by atoms with Gasteiger partial charge in [0.05, 0.1) is 13.3 Å². The van der Waals surface area contributed by atoms with Gasteiger partial charge < -0.3 is 4.74 Å². The maximum atomic E-state index is 10.6. The molecule has 0 aliphatic heterocycles. The number of ketones is 1.